The van der Waals surface area contributed by atoms with Gasteiger partial charge in [0.1, 0.15) is 0 Å². The summed E-state index contributed by atoms with van der Waals surface area (Å²) in [5, 5.41) is 5.04. The Labute approximate surface area is 123 Å². The first kappa shape index (κ1) is 16.5. The van der Waals surface area contributed by atoms with E-state index in [-0.39, 0.29) is 25.0 Å². The first-order valence-electron chi connectivity index (χ1n) is 6.46. The van der Waals surface area contributed by atoms with Gasteiger partial charge in [-0.05, 0) is 31.2 Å². The summed E-state index contributed by atoms with van der Waals surface area (Å²) in [7, 11) is 3.23. The van der Waals surface area contributed by atoms with Crippen molar-refractivity contribution >= 4 is 23.6 Å². The molecule has 114 valence electrons. The van der Waals surface area contributed by atoms with Crippen molar-refractivity contribution in [3.05, 3.63) is 29.8 Å². The molecule has 0 radical (unpaired) electrons. The molecule has 0 heterocycles. The number of anilines is 1. The highest BCUT2D eigenvalue weighted by Crippen LogP contribution is 2.09. The average molecular weight is 293 g/mol. The van der Waals surface area contributed by atoms with E-state index in [0.29, 0.717) is 11.3 Å². The summed E-state index contributed by atoms with van der Waals surface area (Å²) in [5.74, 6) is -0.545. The summed E-state index contributed by atoms with van der Waals surface area (Å²) in [6.07, 6.45) is -0.550. The minimum atomic E-state index is -0.550. The van der Waals surface area contributed by atoms with Crippen molar-refractivity contribution in [3.8, 4) is 0 Å². The van der Waals surface area contributed by atoms with E-state index in [0.717, 1.165) is 0 Å². The molecule has 0 atom stereocenters. The Bertz CT molecular complexity index is 511. The van der Waals surface area contributed by atoms with Crippen molar-refractivity contribution in [1.29, 1.82) is 0 Å². The van der Waals surface area contributed by atoms with Crippen LogP contribution in [0.3, 0.4) is 0 Å². The van der Waals surface area contributed by atoms with E-state index < -0.39 is 6.09 Å². The molecule has 0 unspecified atom stereocenters. The fourth-order valence-corrected chi connectivity index (χ4v) is 1.41. The lowest BCUT2D eigenvalue weighted by Crippen LogP contribution is -2.36. The van der Waals surface area contributed by atoms with Crippen molar-refractivity contribution in [3.63, 3.8) is 0 Å². The maximum absolute atomic E-state index is 11.8. The summed E-state index contributed by atoms with van der Waals surface area (Å²) in [6.45, 7) is 1.93. The van der Waals surface area contributed by atoms with Crippen molar-refractivity contribution < 1.29 is 19.1 Å². The minimum absolute atomic E-state index is 0.0609. The van der Waals surface area contributed by atoms with Gasteiger partial charge in [-0.2, -0.15) is 0 Å². The molecule has 1 rings (SSSR count). The van der Waals surface area contributed by atoms with Gasteiger partial charge in [0.15, 0.2) is 0 Å². The molecule has 3 amide bonds. The Morgan fingerprint density at radius 1 is 1.14 bits per heavy atom. The van der Waals surface area contributed by atoms with Crippen LogP contribution >= 0.6 is 0 Å². The van der Waals surface area contributed by atoms with E-state index in [1.807, 2.05) is 0 Å². The molecule has 7 heteroatoms. The van der Waals surface area contributed by atoms with Gasteiger partial charge in [-0.15, -0.1) is 0 Å². The van der Waals surface area contributed by atoms with E-state index >= 15 is 0 Å². The summed E-state index contributed by atoms with van der Waals surface area (Å²) >= 11 is 0. The van der Waals surface area contributed by atoms with E-state index in [9.17, 15) is 14.4 Å². The molecular weight excluding hydrogens is 274 g/mol. The lowest BCUT2D eigenvalue weighted by atomic mass is 10.2. The molecule has 1 aromatic rings. The van der Waals surface area contributed by atoms with Crippen LogP contribution in [0.2, 0.25) is 0 Å². The highest BCUT2D eigenvalue weighted by atomic mass is 16.5. The summed E-state index contributed by atoms with van der Waals surface area (Å²) < 4.78 is 4.74. The lowest BCUT2D eigenvalue weighted by Gasteiger charge is -2.11. The molecule has 0 aromatic heterocycles. The van der Waals surface area contributed by atoms with Crippen LogP contribution in [0.25, 0.3) is 0 Å². The molecule has 0 aliphatic heterocycles. The van der Waals surface area contributed by atoms with Gasteiger partial charge in [-0.3, -0.25) is 14.9 Å². The van der Waals surface area contributed by atoms with Crippen molar-refractivity contribution in [2.24, 2.45) is 0 Å². The molecule has 0 saturated carbocycles. The average Bonchev–Trinajstić information content (AvgIpc) is 2.45. The number of hydrogen-bond donors (Lipinski definition) is 2. The number of rotatable bonds is 5. The number of nitrogens with one attached hydrogen (secondary N) is 2. The minimum Gasteiger partial charge on any atom is -0.450 e. The summed E-state index contributed by atoms with van der Waals surface area (Å²) in [4.78, 5) is 35.8. The SMILES string of the molecule is CCOC(=O)Nc1ccc(C(=O)NCC(=O)N(C)C)cc1. The van der Waals surface area contributed by atoms with Crippen LogP contribution in [0.5, 0.6) is 0 Å². The molecule has 21 heavy (non-hydrogen) atoms. The van der Waals surface area contributed by atoms with Crippen LogP contribution in [-0.4, -0.2) is 50.1 Å². The predicted molar refractivity (Wildman–Crippen MR) is 78.1 cm³/mol. The predicted octanol–water partition coefficient (Wildman–Crippen LogP) is 1.07. The number of carbonyl (C=O) groups is 3. The third-order valence-corrected chi connectivity index (χ3v) is 2.57. The largest absolute Gasteiger partial charge is 0.450 e. The van der Waals surface area contributed by atoms with Crippen LogP contribution in [0.4, 0.5) is 10.5 Å². The van der Waals surface area contributed by atoms with Crippen molar-refractivity contribution in [2.45, 2.75) is 6.92 Å². The fourth-order valence-electron chi connectivity index (χ4n) is 1.41. The number of likely N-dealkylation sites (N-methyl/N-ethyl adjacent to an activating group) is 1. The zero-order valence-electron chi connectivity index (χ0n) is 12.3. The zero-order chi connectivity index (χ0) is 15.8. The van der Waals surface area contributed by atoms with E-state index in [2.05, 4.69) is 10.6 Å². The third kappa shape index (κ3) is 5.52. The smallest absolute Gasteiger partial charge is 0.411 e. The van der Waals surface area contributed by atoms with Crippen molar-refractivity contribution in [1.82, 2.24) is 10.2 Å². The van der Waals surface area contributed by atoms with Gasteiger partial charge in [-0.25, -0.2) is 4.79 Å². The van der Waals surface area contributed by atoms with E-state index in [1.165, 1.54) is 4.90 Å². The second kappa shape index (κ2) is 7.88. The maximum atomic E-state index is 11.8. The highest BCUT2D eigenvalue weighted by Gasteiger charge is 2.09. The summed E-state index contributed by atoms with van der Waals surface area (Å²) in [5.41, 5.74) is 0.922. The molecule has 7 nitrogen and oxygen atoms in total. The Kier molecular flexibility index (Phi) is 6.19. The van der Waals surface area contributed by atoms with Crippen molar-refractivity contribution in [2.75, 3.05) is 32.6 Å². The Morgan fingerprint density at radius 2 is 1.76 bits per heavy atom. The number of carbonyl (C=O) groups excluding carboxylic acids is 3. The Morgan fingerprint density at radius 3 is 2.29 bits per heavy atom. The molecule has 0 bridgehead atoms. The molecule has 0 fully saturated rings. The van der Waals surface area contributed by atoms with Crippen LogP contribution in [0.1, 0.15) is 17.3 Å². The van der Waals surface area contributed by atoms with Gasteiger partial charge in [0.05, 0.1) is 13.2 Å². The van der Waals surface area contributed by atoms with Gasteiger partial charge in [0.25, 0.3) is 5.91 Å². The van der Waals surface area contributed by atoms with E-state index in [4.69, 9.17) is 4.74 Å². The number of nitrogens with zero attached hydrogens (tertiary/aromatic N) is 1. The second-order valence-corrected chi connectivity index (χ2v) is 4.39. The van der Waals surface area contributed by atoms with E-state index in [1.54, 1.807) is 45.3 Å². The molecule has 0 aliphatic rings. The normalized spacial score (nSPS) is 9.67. The molecule has 0 spiro atoms. The first-order chi connectivity index (χ1) is 9.93. The quantitative estimate of drug-likeness (QED) is 0.850. The highest BCUT2D eigenvalue weighted by molar-refractivity contribution is 5.97. The molecular formula is C14H19N3O4. The zero-order valence-corrected chi connectivity index (χ0v) is 12.3. The number of amides is 3. The van der Waals surface area contributed by atoms with Crippen LogP contribution in [-0.2, 0) is 9.53 Å². The molecule has 1 aromatic carbocycles. The van der Waals surface area contributed by atoms with Gasteiger partial charge in [-0.1, -0.05) is 0 Å². The van der Waals surface area contributed by atoms with Crippen LogP contribution < -0.4 is 10.6 Å². The number of hydrogen-bond acceptors (Lipinski definition) is 4. The Hall–Kier alpha value is -2.57. The van der Waals surface area contributed by atoms with Gasteiger partial charge < -0.3 is 15.0 Å². The number of benzene rings is 1. The Balaban J connectivity index is 2.55. The van der Waals surface area contributed by atoms with Crippen LogP contribution in [0, 0.1) is 0 Å². The molecule has 0 aliphatic carbocycles. The van der Waals surface area contributed by atoms with Crippen LogP contribution in [0.15, 0.2) is 24.3 Å². The lowest BCUT2D eigenvalue weighted by molar-refractivity contribution is -0.127. The monoisotopic (exact) mass is 293 g/mol. The molecule has 2 N–H and O–H groups in total. The third-order valence-electron chi connectivity index (χ3n) is 2.57. The first-order valence-corrected chi connectivity index (χ1v) is 6.46. The maximum Gasteiger partial charge on any atom is 0.411 e. The summed E-state index contributed by atoms with van der Waals surface area (Å²) in [6, 6.07) is 6.27. The second-order valence-electron chi connectivity index (χ2n) is 4.39. The standard InChI is InChI=1S/C14H19N3O4/c1-4-21-14(20)16-11-7-5-10(6-8-11)13(19)15-9-12(18)17(2)3/h5-8H,4,9H2,1-3H3,(H,15,19)(H,16,20). The van der Waals surface area contributed by atoms with Gasteiger partial charge in [0, 0.05) is 25.3 Å². The fraction of sp³-hybridized carbons (Fsp3) is 0.357. The van der Waals surface area contributed by atoms with Gasteiger partial charge >= 0.3 is 6.09 Å². The molecule has 0 saturated heterocycles. The topological polar surface area (TPSA) is 87.7 Å². The van der Waals surface area contributed by atoms with Gasteiger partial charge in [0.2, 0.25) is 5.91 Å². The number of ether oxygens (including phenoxy) is 1.